The molecule has 0 saturated carbocycles. The molecular formula is C19H13F2N7OS. The van der Waals surface area contributed by atoms with Gasteiger partial charge in [0.05, 0.1) is 23.6 Å². The third-order valence-electron chi connectivity index (χ3n) is 4.63. The zero-order valence-corrected chi connectivity index (χ0v) is 16.2. The zero-order chi connectivity index (χ0) is 20.8. The van der Waals surface area contributed by atoms with Crippen LogP contribution in [0.1, 0.15) is 18.7 Å². The number of nitrogens with one attached hydrogen (secondary N) is 2. The van der Waals surface area contributed by atoms with E-state index >= 15 is 0 Å². The number of fused-ring (bicyclic) bond motifs is 2. The van der Waals surface area contributed by atoms with Crippen LogP contribution < -0.4 is 10.9 Å². The fraction of sp³-hybridized carbons (Fsp3) is 0.105. The van der Waals surface area contributed by atoms with Gasteiger partial charge in [0.15, 0.2) is 16.4 Å². The van der Waals surface area contributed by atoms with Crippen molar-refractivity contribution in [2.75, 3.05) is 5.32 Å². The summed E-state index contributed by atoms with van der Waals surface area (Å²) in [4.78, 5) is 33.6. The van der Waals surface area contributed by atoms with Crippen LogP contribution in [-0.4, -0.2) is 29.3 Å². The van der Waals surface area contributed by atoms with Crippen molar-refractivity contribution >= 4 is 33.3 Å². The lowest BCUT2D eigenvalue weighted by Gasteiger charge is -2.18. The zero-order valence-electron chi connectivity index (χ0n) is 15.4. The number of aromatic amines is 1. The van der Waals surface area contributed by atoms with Gasteiger partial charge in [0.2, 0.25) is 0 Å². The van der Waals surface area contributed by atoms with Gasteiger partial charge in [0.25, 0.3) is 5.56 Å². The Morgan fingerprint density at radius 1 is 1.17 bits per heavy atom. The number of aromatic nitrogens is 6. The molecular weight excluding hydrogens is 412 g/mol. The Morgan fingerprint density at radius 3 is 2.77 bits per heavy atom. The number of benzene rings is 1. The van der Waals surface area contributed by atoms with E-state index in [1.165, 1.54) is 28.4 Å². The Hall–Kier alpha value is -3.73. The van der Waals surface area contributed by atoms with Gasteiger partial charge >= 0.3 is 0 Å². The Bertz CT molecular complexity index is 1440. The van der Waals surface area contributed by atoms with Crippen LogP contribution in [0.4, 0.5) is 14.6 Å². The molecule has 4 heterocycles. The van der Waals surface area contributed by atoms with Crippen LogP contribution in [0.25, 0.3) is 27.3 Å². The molecule has 2 N–H and O–H groups in total. The number of hydrogen-bond donors (Lipinski definition) is 2. The molecule has 0 fully saturated rings. The van der Waals surface area contributed by atoms with Crippen molar-refractivity contribution in [3.05, 3.63) is 70.1 Å². The average molecular weight is 425 g/mol. The van der Waals surface area contributed by atoms with E-state index in [0.717, 1.165) is 18.2 Å². The van der Waals surface area contributed by atoms with Gasteiger partial charge < -0.3 is 10.3 Å². The first kappa shape index (κ1) is 18.3. The Balaban J connectivity index is 1.69. The molecule has 0 amide bonds. The molecule has 0 saturated heterocycles. The highest BCUT2D eigenvalue weighted by Crippen LogP contribution is 2.29. The molecule has 1 atom stereocenters. The summed E-state index contributed by atoms with van der Waals surface area (Å²) < 4.78 is 29.2. The number of hydrogen-bond acceptors (Lipinski definition) is 7. The molecule has 1 aromatic carbocycles. The highest BCUT2D eigenvalue weighted by Gasteiger charge is 2.22. The predicted molar refractivity (Wildman–Crippen MR) is 108 cm³/mol. The first-order valence-electron chi connectivity index (χ1n) is 8.88. The molecule has 4 aromatic heterocycles. The quantitative estimate of drug-likeness (QED) is 0.457. The highest BCUT2D eigenvalue weighted by atomic mass is 32.1. The monoisotopic (exact) mass is 425 g/mol. The third kappa shape index (κ3) is 2.99. The van der Waals surface area contributed by atoms with Gasteiger partial charge in [0.1, 0.15) is 23.5 Å². The summed E-state index contributed by atoms with van der Waals surface area (Å²) in [6, 6.07) is 2.48. The summed E-state index contributed by atoms with van der Waals surface area (Å²) in [5.41, 5.74) is 1.23. The summed E-state index contributed by atoms with van der Waals surface area (Å²) in [6.07, 6.45) is 4.44. The number of imidazole rings is 1. The summed E-state index contributed by atoms with van der Waals surface area (Å²) in [5.74, 6) is -1.09. The van der Waals surface area contributed by atoms with Gasteiger partial charge in [0, 0.05) is 17.6 Å². The predicted octanol–water partition coefficient (Wildman–Crippen LogP) is 3.54. The van der Waals surface area contributed by atoms with E-state index < -0.39 is 23.2 Å². The van der Waals surface area contributed by atoms with Crippen LogP contribution in [0.2, 0.25) is 0 Å². The molecule has 5 rings (SSSR count). The van der Waals surface area contributed by atoms with Crippen molar-refractivity contribution in [3.8, 4) is 11.1 Å². The summed E-state index contributed by atoms with van der Waals surface area (Å²) in [7, 11) is 0. The van der Waals surface area contributed by atoms with Gasteiger partial charge in [-0.3, -0.25) is 9.20 Å². The number of thiazole rings is 1. The van der Waals surface area contributed by atoms with E-state index in [4.69, 9.17) is 0 Å². The maximum atomic E-state index is 13.9. The molecule has 1 unspecified atom stereocenters. The molecule has 0 radical (unpaired) electrons. The van der Waals surface area contributed by atoms with Crippen LogP contribution >= 0.6 is 11.3 Å². The number of anilines is 1. The first-order chi connectivity index (χ1) is 14.5. The fourth-order valence-electron chi connectivity index (χ4n) is 3.33. The average Bonchev–Trinajstić information content (AvgIpc) is 3.36. The van der Waals surface area contributed by atoms with E-state index in [1.54, 1.807) is 18.5 Å². The maximum Gasteiger partial charge on any atom is 0.266 e. The minimum Gasteiger partial charge on any atom is -0.360 e. The van der Waals surface area contributed by atoms with Crippen molar-refractivity contribution < 1.29 is 8.78 Å². The molecule has 0 spiro atoms. The summed E-state index contributed by atoms with van der Waals surface area (Å²) >= 11 is 1.29. The van der Waals surface area contributed by atoms with Gasteiger partial charge in [-0.15, -0.1) is 11.3 Å². The fourth-order valence-corrected chi connectivity index (χ4v) is 4.04. The van der Waals surface area contributed by atoms with Gasteiger partial charge in [-0.1, -0.05) is 0 Å². The second-order valence-corrected chi connectivity index (χ2v) is 7.45. The second-order valence-electron chi connectivity index (χ2n) is 6.58. The molecule has 0 aliphatic carbocycles. The van der Waals surface area contributed by atoms with E-state index in [-0.39, 0.29) is 11.1 Å². The Morgan fingerprint density at radius 2 is 1.97 bits per heavy atom. The van der Waals surface area contributed by atoms with Crippen LogP contribution in [0.3, 0.4) is 0 Å². The van der Waals surface area contributed by atoms with Crippen LogP contribution in [0, 0.1) is 11.6 Å². The lowest BCUT2D eigenvalue weighted by Crippen LogP contribution is -2.22. The molecule has 8 nitrogen and oxygen atoms in total. The van der Waals surface area contributed by atoms with Gasteiger partial charge in [-0.2, -0.15) is 0 Å². The number of nitrogens with zero attached hydrogens (tertiary/aromatic N) is 5. The van der Waals surface area contributed by atoms with Gasteiger partial charge in [-0.05, 0) is 24.6 Å². The summed E-state index contributed by atoms with van der Waals surface area (Å²) in [6.45, 7) is 1.79. The lowest BCUT2D eigenvalue weighted by atomic mass is 10.0. The Kier molecular flexibility index (Phi) is 4.24. The van der Waals surface area contributed by atoms with E-state index in [2.05, 4.69) is 30.2 Å². The minimum absolute atomic E-state index is 0.110. The van der Waals surface area contributed by atoms with E-state index in [9.17, 15) is 13.6 Å². The van der Waals surface area contributed by atoms with E-state index in [1.807, 2.05) is 0 Å². The number of halogens is 2. The van der Waals surface area contributed by atoms with Crippen molar-refractivity contribution in [3.63, 3.8) is 0 Å². The topological polar surface area (TPSA) is 101 Å². The van der Waals surface area contributed by atoms with Crippen LogP contribution in [0.5, 0.6) is 0 Å². The first-order valence-corrected chi connectivity index (χ1v) is 9.76. The molecule has 0 aliphatic rings. The van der Waals surface area contributed by atoms with Gasteiger partial charge in [-0.25, -0.2) is 28.7 Å². The smallest absolute Gasteiger partial charge is 0.266 e. The minimum atomic E-state index is -0.777. The van der Waals surface area contributed by atoms with Crippen molar-refractivity contribution in [2.45, 2.75) is 13.0 Å². The molecule has 150 valence electrons. The lowest BCUT2D eigenvalue weighted by molar-refractivity contribution is 0.584. The van der Waals surface area contributed by atoms with E-state index in [0.29, 0.717) is 27.6 Å². The van der Waals surface area contributed by atoms with Crippen LogP contribution in [-0.2, 0) is 0 Å². The number of rotatable bonds is 4. The standard InChI is InChI=1S/C19H13F2N7OS/c1-9(26-17-15-16(23-7-22-15)24-8-25-17)14-13(10-4-11(20)6-12(21)5-10)18(29)28-2-3-30-19(28)27-14/h2-9H,1H3,(H2,22,23,24,25,26). The number of H-pyrrole nitrogens is 1. The second kappa shape index (κ2) is 6.95. The van der Waals surface area contributed by atoms with Crippen molar-refractivity contribution in [2.24, 2.45) is 0 Å². The highest BCUT2D eigenvalue weighted by molar-refractivity contribution is 7.15. The molecule has 11 heteroatoms. The van der Waals surface area contributed by atoms with Crippen molar-refractivity contribution in [1.29, 1.82) is 0 Å². The molecule has 0 aliphatic heterocycles. The van der Waals surface area contributed by atoms with Crippen molar-refractivity contribution in [1.82, 2.24) is 29.3 Å². The molecule has 5 aromatic rings. The normalized spacial score (nSPS) is 12.5. The Labute approximate surface area is 171 Å². The third-order valence-corrected chi connectivity index (χ3v) is 5.39. The summed E-state index contributed by atoms with van der Waals surface area (Å²) in [5, 5.41) is 4.92. The van der Waals surface area contributed by atoms with Crippen LogP contribution in [0.15, 0.2) is 47.2 Å². The maximum absolute atomic E-state index is 13.9. The molecule has 30 heavy (non-hydrogen) atoms. The SMILES string of the molecule is CC(Nc1ncnc2nc[nH]c12)c1nc2sccn2c(=O)c1-c1cc(F)cc(F)c1. The largest absolute Gasteiger partial charge is 0.360 e. The molecule has 0 bridgehead atoms.